The zero-order chi connectivity index (χ0) is 13.0. The second-order valence-electron chi connectivity index (χ2n) is 3.66. The molecule has 18 heavy (non-hydrogen) atoms. The summed E-state index contributed by atoms with van der Waals surface area (Å²) < 4.78 is 11.2. The Kier molecular flexibility index (Phi) is 3.95. The number of halogens is 1. The fourth-order valence-corrected chi connectivity index (χ4v) is 1.72. The Labute approximate surface area is 111 Å². The summed E-state index contributed by atoms with van der Waals surface area (Å²) in [5.41, 5.74) is 6.34. The summed E-state index contributed by atoms with van der Waals surface area (Å²) in [6.45, 7) is 2.50. The van der Waals surface area contributed by atoms with E-state index in [1.807, 2.05) is 31.2 Å². The van der Waals surface area contributed by atoms with Crippen LogP contribution < -0.4 is 15.2 Å². The van der Waals surface area contributed by atoms with Gasteiger partial charge in [0.15, 0.2) is 17.2 Å². The molecule has 0 unspecified atom stereocenters. The second-order valence-corrected chi connectivity index (χ2v) is 4.10. The van der Waals surface area contributed by atoms with E-state index in [0.717, 1.165) is 0 Å². The van der Waals surface area contributed by atoms with E-state index >= 15 is 0 Å². The molecule has 0 radical (unpaired) electrons. The summed E-state index contributed by atoms with van der Waals surface area (Å²) >= 11 is 5.84. The first-order valence-corrected chi connectivity index (χ1v) is 6.03. The lowest BCUT2D eigenvalue weighted by molar-refractivity contribution is 0.321. The molecule has 0 spiro atoms. The molecule has 0 fully saturated rings. The average molecular weight is 264 g/mol. The van der Waals surface area contributed by atoms with E-state index in [-0.39, 0.29) is 0 Å². The van der Waals surface area contributed by atoms with Gasteiger partial charge in [0.1, 0.15) is 0 Å². The predicted molar refractivity (Wildman–Crippen MR) is 73.5 cm³/mol. The summed E-state index contributed by atoms with van der Waals surface area (Å²) in [5.74, 6) is 1.88. The van der Waals surface area contributed by atoms with Crippen LogP contribution in [-0.4, -0.2) is 6.61 Å². The van der Waals surface area contributed by atoms with E-state index in [4.69, 9.17) is 26.8 Å². The third-order valence-electron chi connectivity index (χ3n) is 2.34. The van der Waals surface area contributed by atoms with Crippen molar-refractivity contribution < 1.29 is 9.47 Å². The zero-order valence-electron chi connectivity index (χ0n) is 10.0. The van der Waals surface area contributed by atoms with E-state index < -0.39 is 0 Å². The van der Waals surface area contributed by atoms with Crippen LogP contribution in [0.25, 0.3) is 0 Å². The van der Waals surface area contributed by atoms with Crippen LogP contribution in [-0.2, 0) is 0 Å². The lowest BCUT2D eigenvalue weighted by Crippen LogP contribution is -1.96. The fourth-order valence-electron chi connectivity index (χ4n) is 1.54. The molecule has 0 saturated carbocycles. The van der Waals surface area contributed by atoms with Crippen molar-refractivity contribution in [1.29, 1.82) is 0 Å². The highest BCUT2D eigenvalue weighted by Crippen LogP contribution is 2.34. The summed E-state index contributed by atoms with van der Waals surface area (Å²) in [7, 11) is 0. The number of nitrogens with two attached hydrogens (primary N) is 1. The van der Waals surface area contributed by atoms with Crippen molar-refractivity contribution in [2.45, 2.75) is 6.92 Å². The van der Waals surface area contributed by atoms with E-state index in [1.165, 1.54) is 0 Å². The minimum Gasteiger partial charge on any atom is -0.490 e. The number of ether oxygens (including phenoxy) is 2. The number of anilines is 1. The highest BCUT2D eigenvalue weighted by atomic mass is 35.5. The molecule has 3 nitrogen and oxygen atoms in total. The van der Waals surface area contributed by atoms with Crippen molar-refractivity contribution in [3.63, 3.8) is 0 Å². The van der Waals surface area contributed by atoms with Crippen LogP contribution in [0.5, 0.6) is 17.2 Å². The standard InChI is InChI=1S/C14H14ClNO2/c1-2-17-13-5-3-4-6-14(13)18-12-8-7-10(15)9-11(12)16/h3-9H,2,16H2,1H3. The quantitative estimate of drug-likeness (QED) is 0.844. The molecule has 2 N–H and O–H groups in total. The van der Waals surface area contributed by atoms with Crippen LogP contribution in [0, 0.1) is 0 Å². The lowest BCUT2D eigenvalue weighted by atomic mass is 10.3. The molecule has 2 aromatic carbocycles. The van der Waals surface area contributed by atoms with Gasteiger partial charge in [0.05, 0.1) is 12.3 Å². The van der Waals surface area contributed by atoms with Crippen molar-refractivity contribution in [3.8, 4) is 17.2 Å². The van der Waals surface area contributed by atoms with Crippen LogP contribution in [0.2, 0.25) is 5.02 Å². The third-order valence-corrected chi connectivity index (χ3v) is 2.58. The van der Waals surface area contributed by atoms with Crippen LogP contribution in [0.3, 0.4) is 0 Å². The molecule has 2 aromatic rings. The van der Waals surface area contributed by atoms with Gasteiger partial charge in [-0.05, 0) is 37.3 Å². The number of benzene rings is 2. The first-order chi connectivity index (χ1) is 8.70. The minimum absolute atomic E-state index is 0.494. The van der Waals surface area contributed by atoms with Crippen molar-refractivity contribution in [2.75, 3.05) is 12.3 Å². The van der Waals surface area contributed by atoms with Crippen LogP contribution >= 0.6 is 11.6 Å². The van der Waals surface area contributed by atoms with Gasteiger partial charge in [0.25, 0.3) is 0 Å². The Hall–Kier alpha value is -1.87. The fraction of sp³-hybridized carbons (Fsp3) is 0.143. The highest BCUT2D eigenvalue weighted by molar-refractivity contribution is 6.30. The van der Waals surface area contributed by atoms with E-state index in [1.54, 1.807) is 18.2 Å². The average Bonchev–Trinajstić information content (AvgIpc) is 2.35. The number of rotatable bonds is 4. The van der Waals surface area contributed by atoms with Gasteiger partial charge in [-0.1, -0.05) is 23.7 Å². The molecular formula is C14H14ClNO2. The number of nitrogen functional groups attached to an aromatic ring is 1. The number of hydrogen-bond donors (Lipinski definition) is 1. The smallest absolute Gasteiger partial charge is 0.169 e. The molecular weight excluding hydrogens is 250 g/mol. The molecule has 0 heterocycles. The number of para-hydroxylation sites is 2. The maximum atomic E-state index is 5.84. The van der Waals surface area contributed by atoms with Gasteiger partial charge < -0.3 is 15.2 Å². The molecule has 94 valence electrons. The molecule has 0 aliphatic heterocycles. The van der Waals surface area contributed by atoms with Gasteiger partial charge in [-0.25, -0.2) is 0 Å². The largest absolute Gasteiger partial charge is 0.490 e. The Morgan fingerprint density at radius 2 is 1.78 bits per heavy atom. The molecule has 0 saturated heterocycles. The number of hydrogen-bond acceptors (Lipinski definition) is 3. The first kappa shape index (κ1) is 12.6. The van der Waals surface area contributed by atoms with E-state index in [2.05, 4.69) is 0 Å². The van der Waals surface area contributed by atoms with Gasteiger partial charge in [0, 0.05) is 5.02 Å². The van der Waals surface area contributed by atoms with Crippen LogP contribution in [0.4, 0.5) is 5.69 Å². The third kappa shape index (κ3) is 2.87. The van der Waals surface area contributed by atoms with Gasteiger partial charge in [0.2, 0.25) is 0 Å². The molecule has 0 amide bonds. The second kappa shape index (κ2) is 5.65. The Morgan fingerprint density at radius 1 is 1.06 bits per heavy atom. The lowest BCUT2D eigenvalue weighted by Gasteiger charge is -2.12. The molecule has 4 heteroatoms. The van der Waals surface area contributed by atoms with Gasteiger partial charge in [-0.2, -0.15) is 0 Å². The molecule has 0 bridgehead atoms. The van der Waals surface area contributed by atoms with Crippen molar-refractivity contribution in [2.24, 2.45) is 0 Å². The highest BCUT2D eigenvalue weighted by Gasteiger charge is 2.07. The van der Waals surface area contributed by atoms with E-state index in [0.29, 0.717) is 34.6 Å². The Balaban J connectivity index is 2.28. The van der Waals surface area contributed by atoms with Gasteiger partial charge in [-0.3, -0.25) is 0 Å². The van der Waals surface area contributed by atoms with Crippen LogP contribution in [0.15, 0.2) is 42.5 Å². The summed E-state index contributed by atoms with van der Waals surface area (Å²) in [5, 5.41) is 0.581. The van der Waals surface area contributed by atoms with Gasteiger partial charge in [-0.15, -0.1) is 0 Å². The van der Waals surface area contributed by atoms with E-state index in [9.17, 15) is 0 Å². The van der Waals surface area contributed by atoms with Gasteiger partial charge >= 0.3 is 0 Å². The molecule has 2 rings (SSSR count). The molecule has 0 aliphatic carbocycles. The zero-order valence-corrected chi connectivity index (χ0v) is 10.8. The SMILES string of the molecule is CCOc1ccccc1Oc1ccc(Cl)cc1N. The minimum atomic E-state index is 0.494. The van der Waals surface area contributed by atoms with Crippen LogP contribution in [0.1, 0.15) is 6.92 Å². The maximum absolute atomic E-state index is 5.84. The maximum Gasteiger partial charge on any atom is 0.169 e. The summed E-state index contributed by atoms with van der Waals surface area (Å²) in [6, 6.07) is 12.6. The monoisotopic (exact) mass is 263 g/mol. The van der Waals surface area contributed by atoms with Crippen molar-refractivity contribution in [3.05, 3.63) is 47.5 Å². The summed E-state index contributed by atoms with van der Waals surface area (Å²) in [6.07, 6.45) is 0. The topological polar surface area (TPSA) is 44.5 Å². The Bertz CT molecular complexity index is 543. The molecule has 0 aromatic heterocycles. The first-order valence-electron chi connectivity index (χ1n) is 5.65. The molecule has 0 aliphatic rings. The predicted octanol–water partition coefficient (Wildman–Crippen LogP) is 4.11. The normalized spacial score (nSPS) is 10.1. The van der Waals surface area contributed by atoms with Crippen molar-refractivity contribution >= 4 is 17.3 Å². The van der Waals surface area contributed by atoms with Crippen molar-refractivity contribution in [1.82, 2.24) is 0 Å². The summed E-state index contributed by atoms with van der Waals surface area (Å²) in [4.78, 5) is 0. The Morgan fingerprint density at radius 3 is 2.44 bits per heavy atom. The molecule has 0 atom stereocenters.